The number of carbonyl (C=O) groups is 4. The number of barbiturate groups is 1. The summed E-state index contributed by atoms with van der Waals surface area (Å²) in [6.07, 6.45) is -0.104. The lowest BCUT2D eigenvalue weighted by Gasteiger charge is -2.28. The number of ether oxygens (including phenoxy) is 1. The maximum atomic E-state index is 12.8. The van der Waals surface area contributed by atoms with Crippen LogP contribution in [0.1, 0.15) is 28.3 Å². The SMILES string of the molecule is COc1ccc(C(=O)CC(c2ccc(Cl)cc2)C2C(=O)NC(=O)NC2=O)cc1. The summed E-state index contributed by atoms with van der Waals surface area (Å²) in [4.78, 5) is 48.9. The van der Waals surface area contributed by atoms with Crippen LogP contribution in [0.25, 0.3) is 0 Å². The van der Waals surface area contributed by atoms with Crippen molar-refractivity contribution in [2.24, 2.45) is 5.92 Å². The summed E-state index contributed by atoms with van der Waals surface area (Å²) in [5.41, 5.74) is 1.02. The second-order valence-electron chi connectivity index (χ2n) is 6.30. The summed E-state index contributed by atoms with van der Waals surface area (Å²) >= 11 is 5.93. The summed E-state index contributed by atoms with van der Waals surface area (Å²) in [6.45, 7) is 0. The Morgan fingerprint density at radius 3 is 2.11 bits per heavy atom. The van der Waals surface area contributed by atoms with Gasteiger partial charge in [0.1, 0.15) is 11.7 Å². The van der Waals surface area contributed by atoms with Crippen LogP contribution in [0.15, 0.2) is 48.5 Å². The fourth-order valence-corrected chi connectivity index (χ4v) is 3.25. The minimum absolute atomic E-state index is 0.104. The molecule has 2 N–H and O–H groups in total. The first-order valence-corrected chi connectivity index (χ1v) is 8.85. The van der Waals surface area contributed by atoms with Crippen LogP contribution in [0.3, 0.4) is 0 Å². The van der Waals surface area contributed by atoms with Crippen molar-refractivity contribution in [3.63, 3.8) is 0 Å². The van der Waals surface area contributed by atoms with Gasteiger partial charge < -0.3 is 4.74 Å². The van der Waals surface area contributed by atoms with E-state index in [9.17, 15) is 19.2 Å². The molecule has 1 aliphatic rings. The number of Topliss-reactive ketones (excluding diaryl/α,β-unsaturated/α-hetero) is 1. The van der Waals surface area contributed by atoms with Gasteiger partial charge in [-0.15, -0.1) is 0 Å². The van der Waals surface area contributed by atoms with E-state index in [1.165, 1.54) is 7.11 Å². The molecule has 0 aromatic heterocycles. The Morgan fingerprint density at radius 1 is 1.00 bits per heavy atom. The molecule has 2 aromatic carbocycles. The number of halogens is 1. The molecule has 0 spiro atoms. The number of urea groups is 1. The second kappa shape index (κ2) is 8.22. The van der Waals surface area contributed by atoms with E-state index < -0.39 is 29.7 Å². The molecule has 1 fully saturated rings. The van der Waals surface area contributed by atoms with Crippen molar-refractivity contribution < 1.29 is 23.9 Å². The smallest absolute Gasteiger partial charge is 0.328 e. The number of nitrogens with one attached hydrogen (secondary N) is 2. The van der Waals surface area contributed by atoms with Crippen LogP contribution < -0.4 is 15.4 Å². The van der Waals surface area contributed by atoms with Gasteiger partial charge in [-0.3, -0.25) is 25.0 Å². The molecule has 1 heterocycles. The fraction of sp³-hybridized carbons (Fsp3) is 0.200. The van der Waals surface area contributed by atoms with Crippen LogP contribution in [-0.4, -0.2) is 30.7 Å². The Morgan fingerprint density at radius 2 is 1.57 bits per heavy atom. The first-order chi connectivity index (χ1) is 13.4. The minimum atomic E-state index is -1.22. The number of hydrogen-bond acceptors (Lipinski definition) is 5. The van der Waals surface area contributed by atoms with E-state index in [1.54, 1.807) is 48.5 Å². The number of methoxy groups -OCH3 is 1. The van der Waals surface area contributed by atoms with E-state index in [0.717, 1.165) is 0 Å². The number of ketones is 1. The zero-order valence-electron chi connectivity index (χ0n) is 14.9. The average Bonchev–Trinajstić information content (AvgIpc) is 2.67. The van der Waals surface area contributed by atoms with Gasteiger partial charge in [0.15, 0.2) is 5.78 Å². The van der Waals surface area contributed by atoms with Gasteiger partial charge in [-0.2, -0.15) is 0 Å². The Balaban J connectivity index is 1.92. The summed E-state index contributed by atoms with van der Waals surface area (Å²) in [6, 6.07) is 12.2. The van der Waals surface area contributed by atoms with Crippen LogP contribution in [0.2, 0.25) is 5.02 Å². The third-order valence-electron chi connectivity index (χ3n) is 4.56. The lowest BCUT2D eigenvalue weighted by atomic mass is 9.79. The van der Waals surface area contributed by atoms with Gasteiger partial charge in [0, 0.05) is 22.9 Å². The molecule has 1 aliphatic heterocycles. The number of amides is 4. The number of imide groups is 2. The van der Waals surface area contributed by atoms with Gasteiger partial charge in [-0.1, -0.05) is 23.7 Å². The van der Waals surface area contributed by atoms with Gasteiger partial charge in [-0.25, -0.2) is 4.79 Å². The maximum Gasteiger partial charge on any atom is 0.328 e. The van der Waals surface area contributed by atoms with E-state index in [1.807, 2.05) is 0 Å². The van der Waals surface area contributed by atoms with Gasteiger partial charge in [-0.05, 0) is 42.0 Å². The predicted molar refractivity (Wildman–Crippen MR) is 101 cm³/mol. The van der Waals surface area contributed by atoms with Crippen molar-refractivity contribution in [2.45, 2.75) is 12.3 Å². The average molecular weight is 401 g/mol. The van der Waals surface area contributed by atoms with Crippen LogP contribution in [0.4, 0.5) is 4.79 Å². The van der Waals surface area contributed by atoms with Crippen molar-refractivity contribution in [1.29, 1.82) is 0 Å². The predicted octanol–water partition coefficient (Wildman–Crippen LogP) is 2.69. The monoisotopic (exact) mass is 400 g/mol. The largest absolute Gasteiger partial charge is 0.497 e. The molecule has 8 heteroatoms. The van der Waals surface area contributed by atoms with Crippen LogP contribution in [0, 0.1) is 5.92 Å². The minimum Gasteiger partial charge on any atom is -0.497 e. The number of carbonyl (C=O) groups excluding carboxylic acids is 4. The summed E-state index contributed by atoms with van der Waals surface area (Å²) in [5.74, 6) is -3.11. The highest BCUT2D eigenvalue weighted by atomic mass is 35.5. The Kier molecular flexibility index (Phi) is 5.75. The molecule has 1 atom stereocenters. The number of benzene rings is 2. The van der Waals surface area contributed by atoms with Crippen molar-refractivity contribution in [1.82, 2.24) is 10.6 Å². The molecule has 0 radical (unpaired) electrons. The highest BCUT2D eigenvalue weighted by Crippen LogP contribution is 2.32. The number of hydrogen-bond donors (Lipinski definition) is 2. The van der Waals surface area contributed by atoms with Gasteiger partial charge in [0.2, 0.25) is 11.8 Å². The molecular weight excluding hydrogens is 384 g/mol. The van der Waals surface area contributed by atoms with Gasteiger partial charge in [0.25, 0.3) is 0 Å². The summed E-state index contributed by atoms with van der Waals surface area (Å²) in [5, 5.41) is 4.65. The molecule has 0 bridgehead atoms. The summed E-state index contributed by atoms with van der Waals surface area (Å²) in [7, 11) is 1.52. The topological polar surface area (TPSA) is 102 Å². The Labute approximate surface area is 166 Å². The molecule has 1 unspecified atom stereocenters. The van der Waals surface area contributed by atoms with E-state index in [2.05, 4.69) is 10.6 Å². The molecule has 0 aliphatic carbocycles. The molecule has 4 amide bonds. The van der Waals surface area contributed by atoms with Crippen LogP contribution in [0.5, 0.6) is 5.75 Å². The molecule has 28 heavy (non-hydrogen) atoms. The highest BCUT2D eigenvalue weighted by molar-refractivity contribution is 6.30. The molecule has 144 valence electrons. The maximum absolute atomic E-state index is 12.8. The molecule has 7 nitrogen and oxygen atoms in total. The van der Waals surface area contributed by atoms with Crippen molar-refractivity contribution in [3.05, 3.63) is 64.7 Å². The number of rotatable bonds is 6. The standard InChI is InChI=1S/C20H17ClN2O5/c1-28-14-8-4-12(5-9-14)16(24)10-15(11-2-6-13(21)7-3-11)17-18(25)22-20(27)23-19(17)26/h2-9,15,17H,10H2,1H3,(H2,22,23,25,26,27). The van der Waals surface area contributed by atoms with Crippen molar-refractivity contribution in [2.75, 3.05) is 7.11 Å². The molecule has 2 aromatic rings. The van der Waals surface area contributed by atoms with E-state index in [4.69, 9.17) is 16.3 Å². The first-order valence-electron chi connectivity index (χ1n) is 8.47. The molecule has 1 saturated heterocycles. The molecular formula is C20H17ClN2O5. The molecule has 0 saturated carbocycles. The quantitative estimate of drug-likeness (QED) is 0.573. The first kappa shape index (κ1) is 19.6. The lowest BCUT2D eigenvalue weighted by Crippen LogP contribution is -2.57. The summed E-state index contributed by atoms with van der Waals surface area (Å²) < 4.78 is 5.08. The highest BCUT2D eigenvalue weighted by Gasteiger charge is 2.41. The van der Waals surface area contributed by atoms with Gasteiger partial charge in [0.05, 0.1) is 7.11 Å². The molecule has 3 rings (SSSR count). The Bertz CT molecular complexity index is 905. The Hall–Kier alpha value is -3.19. The van der Waals surface area contributed by atoms with Crippen molar-refractivity contribution in [3.8, 4) is 5.75 Å². The second-order valence-corrected chi connectivity index (χ2v) is 6.74. The van der Waals surface area contributed by atoms with E-state index in [0.29, 0.717) is 21.9 Å². The van der Waals surface area contributed by atoms with E-state index >= 15 is 0 Å². The zero-order valence-corrected chi connectivity index (χ0v) is 15.7. The third kappa shape index (κ3) is 4.20. The fourth-order valence-electron chi connectivity index (χ4n) is 3.13. The van der Waals surface area contributed by atoms with Crippen LogP contribution in [-0.2, 0) is 9.59 Å². The lowest BCUT2D eigenvalue weighted by molar-refractivity contribution is -0.136. The van der Waals surface area contributed by atoms with Crippen molar-refractivity contribution >= 4 is 35.2 Å². The van der Waals surface area contributed by atoms with E-state index in [-0.39, 0.29) is 12.2 Å². The normalized spacial score (nSPS) is 15.6. The van der Waals surface area contributed by atoms with Gasteiger partial charge >= 0.3 is 6.03 Å². The zero-order chi connectivity index (χ0) is 20.3. The van der Waals surface area contributed by atoms with Crippen LogP contribution >= 0.6 is 11.6 Å². The third-order valence-corrected chi connectivity index (χ3v) is 4.81.